The van der Waals surface area contributed by atoms with Crippen LogP contribution in [0, 0.1) is 5.82 Å². The fourth-order valence-corrected chi connectivity index (χ4v) is 3.04. The minimum Gasteiger partial charge on any atom is -0.497 e. The Balaban J connectivity index is 1.84. The molecular formula is C18H16FN3OS. The molecule has 6 heteroatoms. The zero-order valence-corrected chi connectivity index (χ0v) is 14.1. The standard InChI is InChI=1S/C18H16FN3OS/c1-22-17(14-5-9-16(23-2)10-6-14)12-24-18(22)21-20-11-13-3-7-15(19)8-4-13/h3-12H,1-2H3. The fourth-order valence-electron chi connectivity index (χ4n) is 2.18. The van der Waals surface area contributed by atoms with Crippen molar-refractivity contribution in [1.82, 2.24) is 4.57 Å². The number of ether oxygens (including phenoxy) is 1. The second-order valence-electron chi connectivity index (χ2n) is 5.09. The highest BCUT2D eigenvalue weighted by molar-refractivity contribution is 7.07. The molecular weight excluding hydrogens is 325 g/mol. The molecule has 0 spiro atoms. The summed E-state index contributed by atoms with van der Waals surface area (Å²) in [5.41, 5.74) is 2.94. The van der Waals surface area contributed by atoms with E-state index in [1.165, 1.54) is 23.5 Å². The van der Waals surface area contributed by atoms with Gasteiger partial charge in [-0.05, 0) is 47.5 Å². The lowest BCUT2D eigenvalue weighted by atomic mass is 10.1. The van der Waals surface area contributed by atoms with E-state index >= 15 is 0 Å². The van der Waals surface area contributed by atoms with Crippen LogP contribution in [0.15, 0.2) is 64.1 Å². The smallest absolute Gasteiger partial charge is 0.210 e. The zero-order valence-electron chi connectivity index (χ0n) is 13.3. The van der Waals surface area contributed by atoms with Gasteiger partial charge in [0.1, 0.15) is 11.6 Å². The van der Waals surface area contributed by atoms with Crippen molar-refractivity contribution >= 4 is 17.6 Å². The van der Waals surface area contributed by atoms with Crippen molar-refractivity contribution < 1.29 is 9.13 Å². The summed E-state index contributed by atoms with van der Waals surface area (Å²) in [5, 5.41) is 10.4. The molecule has 0 amide bonds. The van der Waals surface area contributed by atoms with Crippen molar-refractivity contribution in [2.75, 3.05) is 7.11 Å². The molecule has 122 valence electrons. The summed E-state index contributed by atoms with van der Waals surface area (Å²) in [5.74, 6) is 0.559. The molecule has 0 unspecified atom stereocenters. The van der Waals surface area contributed by atoms with Crippen molar-refractivity contribution in [3.8, 4) is 17.0 Å². The number of rotatable bonds is 4. The maximum absolute atomic E-state index is 12.9. The number of thiazole rings is 1. The van der Waals surface area contributed by atoms with Crippen molar-refractivity contribution in [2.24, 2.45) is 17.3 Å². The number of hydrogen-bond acceptors (Lipinski definition) is 4. The monoisotopic (exact) mass is 341 g/mol. The van der Waals surface area contributed by atoms with E-state index in [9.17, 15) is 4.39 Å². The van der Waals surface area contributed by atoms with Crippen molar-refractivity contribution in [1.29, 1.82) is 0 Å². The first-order valence-electron chi connectivity index (χ1n) is 7.29. The molecule has 0 atom stereocenters. The van der Waals surface area contributed by atoms with Crippen LogP contribution in [0.3, 0.4) is 0 Å². The lowest BCUT2D eigenvalue weighted by molar-refractivity contribution is 0.415. The Morgan fingerprint density at radius 1 is 1.08 bits per heavy atom. The minimum atomic E-state index is -0.266. The lowest BCUT2D eigenvalue weighted by Crippen LogP contribution is -2.10. The molecule has 0 fully saturated rings. The van der Waals surface area contributed by atoms with Crippen molar-refractivity contribution in [3.05, 3.63) is 70.1 Å². The van der Waals surface area contributed by atoms with Crippen molar-refractivity contribution in [2.45, 2.75) is 0 Å². The van der Waals surface area contributed by atoms with E-state index in [1.807, 2.05) is 41.3 Å². The molecule has 2 aromatic carbocycles. The highest BCUT2D eigenvalue weighted by Gasteiger charge is 2.04. The fraction of sp³-hybridized carbons (Fsp3) is 0.111. The van der Waals surface area contributed by atoms with Gasteiger partial charge in [0.15, 0.2) is 0 Å². The predicted octanol–water partition coefficient (Wildman–Crippen LogP) is 3.84. The SMILES string of the molecule is COc1ccc(-c2csc(=NN=Cc3ccc(F)cc3)n2C)cc1. The highest BCUT2D eigenvalue weighted by Crippen LogP contribution is 2.22. The van der Waals surface area contributed by atoms with E-state index in [2.05, 4.69) is 10.2 Å². The molecule has 0 bridgehead atoms. The van der Waals surface area contributed by atoms with Crippen LogP contribution >= 0.6 is 11.3 Å². The van der Waals surface area contributed by atoms with Crippen LogP contribution in [-0.2, 0) is 7.05 Å². The molecule has 1 heterocycles. The normalized spacial score (nSPS) is 12.0. The molecule has 1 aromatic heterocycles. The Hall–Kier alpha value is -2.73. The average Bonchev–Trinajstić information content (AvgIpc) is 2.98. The third-order valence-corrected chi connectivity index (χ3v) is 4.44. The number of methoxy groups -OCH3 is 1. The Morgan fingerprint density at radius 3 is 2.46 bits per heavy atom. The average molecular weight is 341 g/mol. The summed E-state index contributed by atoms with van der Waals surface area (Å²) in [6, 6.07) is 14.0. The number of halogens is 1. The van der Waals surface area contributed by atoms with Gasteiger partial charge in [-0.2, -0.15) is 5.10 Å². The molecule has 0 N–H and O–H groups in total. The van der Waals surface area contributed by atoms with E-state index < -0.39 is 0 Å². The first kappa shape index (κ1) is 16.1. The van der Waals surface area contributed by atoms with E-state index in [-0.39, 0.29) is 5.82 Å². The van der Waals surface area contributed by atoms with E-state index in [1.54, 1.807) is 25.5 Å². The van der Waals surface area contributed by atoms with Crippen LogP contribution in [0.2, 0.25) is 0 Å². The van der Waals surface area contributed by atoms with Crippen LogP contribution in [-0.4, -0.2) is 17.9 Å². The van der Waals surface area contributed by atoms with Crippen LogP contribution in [0.4, 0.5) is 4.39 Å². The first-order chi connectivity index (χ1) is 11.7. The van der Waals surface area contributed by atoms with E-state index in [4.69, 9.17) is 4.74 Å². The van der Waals surface area contributed by atoms with Crippen LogP contribution in [0.25, 0.3) is 11.3 Å². The largest absolute Gasteiger partial charge is 0.497 e. The van der Waals surface area contributed by atoms with E-state index in [0.29, 0.717) is 0 Å². The van der Waals surface area contributed by atoms with Gasteiger partial charge in [-0.15, -0.1) is 16.4 Å². The Kier molecular flexibility index (Phi) is 4.86. The molecule has 0 aliphatic rings. The number of hydrogen-bond donors (Lipinski definition) is 0. The quantitative estimate of drug-likeness (QED) is 0.525. The van der Waals surface area contributed by atoms with Gasteiger partial charge in [0.25, 0.3) is 0 Å². The van der Waals surface area contributed by atoms with Gasteiger partial charge >= 0.3 is 0 Å². The molecule has 4 nitrogen and oxygen atoms in total. The van der Waals surface area contributed by atoms with Gasteiger partial charge in [-0.1, -0.05) is 12.1 Å². The Bertz CT molecular complexity index is 909. The molecule has 3 aromatic rings. The maximum atomic E-state index is 12.9. The predicted molar refractivity (Wildman–Crippen MR) is 94.8 cm³/mol. The summed E-state index contributed by atoms with van der Waals surface area (Å²) >= 11 is 1.51. The van der Waals surface area contributed by atoms with Crippen LogP contribution in [0.5, 0.6) is 5.75 Å². The summed E-state index contributed by atoms with van der Waals surface area (Å²) in [4.78, 5) is 0.777. The van der Waals surface area contributed by atoms with Gasteiger partial charge in [-0.25, -0.2) is 4.39 Å². The molecule has 0 saturated heterocycles. The Morgan fingerprint density at radius 2 is 1.79 bits per heavy atom. The molecule has 24 heavy (non-hydrogen) atoms. The Labute approximate surface area is 143 Å². The first-order valence-corrected chi connectivity index (χ1v) is 8.17. The number of nitrogens with zero attached hydrogens (tertiary/aromatic N) is 3. The maximum Gasteiger partial charge on any atom is 0.210 e. The molecule has 0 radical (unpaired) electrons. The lowest BCUT2D eigenvalue weighted by Gasteiger charge is -2.04. The van der Waals surface area contributed by atoms with Gasteiger partial charge in [0.2, 0.25) is 4.80 Å². The molecule has 3 rings (SSSR count). The molecule has 0 aliphatic carbocycles. The topological polar surface area (TPSA) is 38.9 Å². The third kappa shape index (κ3) is 3.60. The van der Waals surface area contributed by atoms with Crippen LogP contribution in [0.1, 0.15) is 5.56 Å². The molecule has 0 aliphatic heterocycles. The number of benzene rings is 2. The van der Waals surface area contributed by atoms with Crippen molar-refractivity contribution in [3.63, 3.8) is 0 Å². The van der Waals surface area contributed by atoms with E-state index in [0.717, 1.165) is 27.4 Å². The second kappa shape index (κ2) is 7.23. The van der Waals surface area contributed by atoms with Gasteiger partial charge in [-0.3, -0.25) is 0 Å². The summed E-state index contributed by atoms with van der Waals surface area (Å²) in [7, 11) is 3.60. The highest BCUT2D eigenvalue weighted by atomic mass is 32.1. The summed E-state index contributed by atoms with van der Waals surface area (Å²) in [6.45, 7) is 0. The number of aromatic nitrogens is 1. The minimum absolute atomic E-state index is 0.266. The van der Waals surface area contributed by atoms with Crippen LogP contribution < -0.4 is 9.54 Å². The van der Waals surface area contributed by atoms with Gasteiger partial charge < -0.3 is 9.30 Å². The zero-order chi connectivity index (χ0) is 16.9. The molecule has 0 saturated carbocycles. The summed E-state index contributed by atoms with van der Waals surface area (Å²) < 4.78 is 20.0. The van der Waals surface area contributed by atoms with Gasteiger partial charge in [0.05, 0.1) is 19.0 Å². The third-order valence-electron chi connectivity index (χ3n) is 3.53. The summed E-state index contributed by atoms with van der Waals surface area (Å²) in [6.07, 6.45) is 1.60. The second-order valence-corrected chi connectivity index (χ2v) is 5.92. The van der Waals surface area contributed by atoms with Gasteiger partial charge in [0, 0.05) is 12.4 Å².